The molecule has 0 atom stereocenters. The average Bonchev–Trinajstić information content (AvgIpc) is 2.16. The maximum atomic E-state index is 12.7. The molecule has 70 valence electrons. The smallest absolute Gasteiger partial charge is 0.341 e. The first-order valence-corrected chi connectivity index (χ1v) is 3.61. The number of hydrogen-bond donors (Lipinski definition) is 0. The summed E-state index contributed by atoms with van der Waals surface area (Å²) in [6.45, 7) is 0. The molecule has 0 heterocycles. The zero-order chi connectivity index (χ0) is 9.84. The van der Waals surface area contributed by atoms with Gasteiger partial charge in [0.2, 0.25) is 0 Å². The second-order valence-electron chi connectivity index (χ2n) is 2.34. The quantitative estimate of drug-likeness (QED) is 0.655. The molecule has 3 nitrogen and oxygen atoms in total. The van der Waals surface area contributed by atoms with Gasteiger partial charge in [0.1, 0.15) is 17.1 Å². The van der Waals surface area contributed by atoms with Crippen LogP contribution in [0.15, 0.2) is 18.2 Å². The Bertz CT molecular complexity index is 323. The Labute approximate surface area is 75.1 Å². The number of carbonyl (C=O) groups is 1. The number of benzene rings is 1. The van der Waals surface area contributed by atoms with Crippen LogP contribution < -0.4 is 4.74 Å². The van der Waals surface area contributed by atoms with Gasteiger partial charge in [-0.15, -0.1) is 0 Å². The maximum absolute atomic E-state index is 12.7. The van der Waals surface area contributed by atoms with E-state index in [0.717, 1.165) is 6.07 Å². The second-order valence-corrected chi connectivity index (χ2v) is 2.34. The first kappa shape index (κ1) is 9.51. The molecule has 0 unspecified atom stereocenters. The first-order valence-electron chi connectivity index (χ1n) is 3.61. The molecule has 4 heteroatoms. The van der Waals surface area contributed by atoms with Crippen LogP contribution in [0.25, 0.3) is 0 Å². The van der Waals surface area contributed by atoms with E-state index in [4.69, 9.17) is 4.74 Å². The molecule has 13 heavy (non-hydrogen) atoms. The van der Waals surface area contributed by atoms with Crippen molar-refractivity contribution in [2.45, 2.75) is 0 Å². The lowest BCUT2D eigenvalue weighted by molar-refractivity contribution is 0.0596. The van der Waals surface area contributed by atoms with Crippen molar-refractivity contribution in [1.29, 1.82) is 0 Å². The molecule has 0 aliphatic rings. The van der Waals surface area contributed by atoms with Crippen LogP contribution in [0.3, 0.4) is 0 Å². The minimum absolute atomic E-state index is 0.0880. The van der Waals surface area contributed by atoms with Crippen molar-refractivity contribution >= 4 is 5.97 Å². The number of rotatable bonds is 2. The third kappa shape index (κ3) is 1.96. The van der Waals surface area contributed by atoms with Crippen molar-refractivity contribution in [2.24, 2.45) is 0 Å². The molecule has 0 radical (unpaired) electrons. The van der Waals surface area contributed by atoms with Gasteiger partial charge in [-0.2, -0.15) is 0 Å². The molecule has 0 N–H and O–H groups in total. The SMILES string of the molecule is COC(=O)c1cc(F)ccc1OC. The average molecular weight is 184 g/mol. The third-order valence-electron chi connectivity index (χ3n) is 1.57. The van der Waals surface area contributed by atoms with Gasteiger partial charge in [-0.05, 0) is 18.2 Å². The van der Waals surface area contributed by atoms with Gasteiger partial charge in [0.15, 0.2) is 0 Å². The number of esters is 1. The van der Waals surface area contributed by atoms with Gasteiger partial charge < -0.3 is 9.47 Å². The number of hydrogen-bond acceptors (Lipinski definition) is 3. The van der Waals surface area contributed by atoms with Crippen LogP contribution in [0.4, 0.5) is 4.39 Å². The molecular weight excluding hydrogens is 175 g/mol. The number of carbonyl (C=O) groups excluding carboxylic acids is 1. The normalized spacial score (nSPS) is 9.46. The lowest BCUT2D eigenvalue weighted by atomic mass is 10.2. The van der Waals surface area contributed by atoms with Gasteiger partial charge in [0, 0.05) is 0 Å². The molecule has 0 amide bonds. The van der Waals surface area contributed by atoms with E-state index in [-0.39, 0.29) is 5.56 Å². The summed E-state index contributed by atoms with van der Waals surface area (Å²) in [5.74, 6) is -0.814. The van der Waals surface area contributed by atoms with Crippen molar-refractivity contribution in [1.82, 2.24) is 0 Å². The fraction of sp³-hybridized carbons (Fsp3) is 0.222. The summed E-state index contributed by atoms with van der Waals surface area (Å²) in [5.41, 5.74) is 0.0880. The van der Waals surface area contributed by atoms with E-state index in [2.05, 4.69) is 4.74 Å². The van der Waals surface area contributed by atoms with E-state index < -0.39 is 11.8 Å². The van der Waals surface area contributed by atoms with Crippen LogP contribution in [-0.2, 0) is 4.74 Å². The van der Waals surface area contributed by atoms with Crippen molar-refractivity contribution in [2.75, 3.05) is 14.2 Å². The van der Waals surface area contributed by atoms with Gasteiger partial charge in [-0.25, -0.2) is 9.18 Å². The summed E-state index contributed by atoms with van der Waals surface area (Å²) in [4.78, 5) is 11.1. The fourth-order valence-corrected chi connectivity index (χ4v) is 0.950. The summed E-state index contributed by atoms with van der Waals surface area (Å²) < 4.78 is 22.0. The van der Waals surface area contributed by atoms with Crippen LogP contribution in [0.2, 0.25) is 0 Å². The summed E-state index contributed by atoms with van der Waals surface area (Å²) >= 11 is 0. The molecule has 0 saturated heterocycles. The van der Waals surface area contributed by atoms with Crippen LogP contribution >= 0.6 is 0 Å². The van der Waals surface area contributed by atoms with Gasteiger partial charge >= 0.3 is 5.97 Å². The predicted molar refractivity (Wildman–Crippen MR) is 44.3 cm³/mol. The zero-order valence-corrected chi connectivity index (χ0v) is 7.33. The highest BCUT2D eigenvalue weighted by Gasteiger charge is 2.12. The molecule has 0 fully saturated rings. The first-order chi connectivity index (χ1) is 6.19. The lowest BCUT2D eigenvalue weighted by Gasteiger charge is -2.05. The van der Waals surface area contributed by atoms with Crippen LogP contribution in [0.5, 0.6) is 5.75 Å². The van der Waals surface area contributed by atoms with E-state index in [1.807, 2.05) is 0 Å². The minimum atomic E-state index is -0.614. The van der Waals surface area contributed by atoms with Gasteiger partial charge in [0.25, 0.3) is 0 Å². The Hall–Kier alpha value is -1.58. The molecule has 1 aromatic rings. The molecule has 1 rings (SSSR count). The van der Waals surface area contributed by atoms with E-state index in [1.165, 1.54) is 26.4 Å². The molecule has 0 spiro atoms. The minimum Gasteiger partial charge on any atom is -0.496 e. The standard InChI is InChI=1S/C9H9FO3/c1-12-8-4-3-6(10)5-7(8)9(11)13-2/h3-5H,1-2H3. The van der Waals surface area contributed by atoms with Crippen molar-refractivity contribution in [3.8, 4) is 5.75 Å². The molecule has 0 aliphatic carbocycles. The molecule has 0 aliphatic heterocycles. The monoisotopic (exact) mass is 184 g/mol. The summed E-state index contributed by atoms with van der Waals surface area (Å²) in [5, 5.41) is 0. The van der Waals surface area contributed by atoms with Crippen molar-refractivity contribution < 1.29 is 18.7 Å². The Balaban J connectivity index is 3.15. The van der Waals surface area contributed by atoms with Crippen molar-refractivity contribution in [3.63, 3.8) is 0 Å². The van der Waals surface area contributed by atoms with E-state index in [9.17, 15) is 9.18 Å². The number of halogens is 1. The highest BCUT2D eigenvalue weighted by molar-refractivity contribution is 5.92. The summed E-state index contributed by atoms with van der Waals surface area (Å²) in [6.07, 6.45) is 0. The Morgan fingerprint density at radius 1 is 1.38 bits per heavy atom. The topological polar surface area (TPSA) is 35.5 Å². The Morgan fingerprint density at radius 3 is 2.62 bits per heavy atom. The van der Waals surface area contributed by atoms with E-state index in [0.29, 0.717) is 5.75 Å². The summed E-state index contributed by atoms with van der Waals surface area (Å²) in [7, 11) is 2.63. The lowest BCUT2D eigenvalue weighted by Crippen LogP contribution is -2.04. The molecule has 1 aromatic carbocycles. The van der Waals surface area contributed by atoms with Gasteiger partial charge in [-0.3, -0.25) is 0 Å². The number of ether oxygens (including phenoxy) is 2. The predicted octanol–water partition coefficient (Wildman–Crippen LogP) is 1.62. The van der Waals surface area contributed by atoms with Gasteiger partial charge in [-0.1, -0.05) is 0 Å². The molecular formula is C9H9FO3. The molecule has 0 aromatic heterocycles. The summed E-state index contributed by atoms with van der Waals surface area (Å²) in [6, 6.07) is 3.66. The van der Waals surface area contributed by atoms with Crippen molar-refractivity contribution in [3.05, 3.63) is 29.6 Å². The molecule has 0 saturated carbocycles. The zero-order valence-electron chi connectivity index (χ0n) is 7.33. The molecule has 0 bridgehead atoms. The fourth-order valence-electron chi connectivity index (χ4n) is 0.950. The third-order valence-corrected chi connectivity index (χ3v) is 1.57. The second kappa shape index (κ2) is 3.89. The Kier molecular flexibility index (Phi) is 2.84. The van der Waals surface area contributed by atoms with E-state index >= 15 is 0 Å². The number of methoxy groups -OCH3 is 2. The van der Waals surface area contributed by atoms with Gasteiger partial charge in [0.05, 0.1) is 14.2 Å². The maximum Gasteiger partial charge on any atom is 0.341 e. The van der Waals surface area contributed by atoms with E-state index in [1.54, 1.807) is 0 Å². The highest BCUT2D eigenvalue weighted by Crippen LogP contribution is 2.19. The highest BCUT2D eigenvalue weighted by atomic mass is 19.1. The largest absolute Gasteiger partial charge is 0.496 e. The van der Waals surface area contributed by atoms with Crippen LogP contribution in [0, 0.1) is 5.82 Å². The van der Waals surface area contributed by atoms with Crippen LogP contribution in [-0.4, -0.2) is 20.2 Å². The Morgan fingerprint density at radius 2 is 2.08 bits per heavy atom. The van der Waals surface area contributed by atoms with Crippen LogP contribution in [0.1, 0.15) is 10.4 Å².